The molecule has 2 unspecified atom stereocenters. The quantitative estimate of drug-likeness (QED) is 0.718. The van der Waals surface area contributed by atoms with Gasteiger partial charge in [-0.1, -0.05) is 83.9 Å². The molecular weight excluding hydrogens is 407 g/mol. The van der Waals surface area contributed by atoms with Gasteiger partial charge in [-0.15, -0.1) is 0 Å². The number of hydrogen-bond donors (Lipinski definition) is 2. The Morgan fingerprint density at radius 2 is 1.29 bits per heavy atom. The van der Waals surface area contributed by atoms with Crippen molar-refractivity contribution < 1.29 is 29.2 Å². The second-order valence-electron chi connectivity index (χ2n) is 6.72. The van der Waals surface area contributed by atoms with E-state index in [4.69, 9.17) is 42.1 Å². The van der Waals surface area contributed by atoms with Crippen LogP contribution in [0.15, 0.2) is 60.7 Å². The van der Waals surface area contributed by atoms with Crippen LogP contribution in [0.3, 0.4) is 0 Å². The molecule has 0 spiro atoms. The number of fused-ring (bicyclic) bond motifs is 1. The minimum Gasteiger partial charge on any atom is -0.388 e. The van der Waals surface area contributed by atoms with Gasteiger partial charge < -0.3 is 29.2 Å². The van der Waals surface area contributed by atoms with E-state index in [1.807, 2.05) is 12.1 Å². The highest BCUT2D eigenvalue weighted by molar-refractivity contribution is 6.22. The summed E-state index contributed by atoms with van der Waals surface area (Å²) in [5, 5.41) is 17.8. The molecule has 28 heavy (non-hydrogen) atoms. The van der Waals surface area contributed by atoms with E-state index in [-0.39, 0.29) is 13.2 Å². The number of ether oxygens (including phenoxy) is 4. The third-order valence-electron chi connectivity index (χ3n) is 4.80. The van der Waals surface area contributed by atoms with E-state index in [9.17, 15) is 10.2 Å². The largest absolute Gasteiger partial charge is 0.388 e. The van der Waals surface area contributed by atoms with Gasteiger partial charge in [0.1, 0.15) is 24.4 Å². The Balaban J connectivity index is 1.62. The standard InChI is InChI=1S/C20H20Cl2O6/c21-19(13-7-3-1-4-8-13)25-11-15(23)17(24)18-16(12-26-19)27-20(22,28-18)14-9-5-2-6-10-14/h1-10,15-18,23-24H,11-12H2/t15-,16+,17-,18-,19?,20?/m1/s1. The number of benzene rings is 2. The third kappa shape index (κ3) is 3.79. The lowest BCUT2D eigenvalue weighted by Gasteiger charge is -2.29. The van der Waals surface area contributed by atoms with Gasteiger partial charge in [0.25, 0.3) is 10.5 Å². The van der Waals surface area contributed by atoms with E-state index in [1.165, 1.54) is 0 Å². The van der Waals surface area contributed by atoms with Crippen LogP contribution in [0.2, 0.25) is 0 Å². The van der Waals surface area contributed by atoms with Gasteiger partial charge in [0.2, 0.25) is 0 Å². The van der Waals surface area contributed by atoms with Crippen molar-refractivity contribution in [2.45, 2.75) is 34.9 Å². The van der Waals surface area contributed by atoms with Crippen molar-refractivity contribution in [3.8, 4) is 0 Å². The zero-order valence-corrected chi connectivity index (χ0v) is 16.3. The minimum atomic E-state index is -1.65. The molecule has 0 radical (unpaired) electrons. The van der Waals surface area contributed by atoms with E-state index in [2.05, 4.69) is 0 Å². The summed E-state index contributed by atoms with van der Waals surface area (Å²) in [6, 6.07) is 17.8. The molecule has 2 heterocycles. The predicted octanol–water partition coefficient (Wildman–Crippen LogP) is 2.64. The summed E-state index contributed by atoms with van der Waals surface area (Å²) in [5.41, 5.74) is 1.12. The monoisotopic (exact) mass is 426 g/mol. The van der Waals surface area contributed by atoms with E-state index in [0.29, 0.717) is 11.1 Å². The molecule has 2 aromatic carbocycles. The summed E-state index contributed by atoms with van der Waals surface area (Å²) >= 11 is 13.1. The van der Waals surface area contributed by atoms with Crippen LogP contribution in [0.1, 0.15) is 11.1 Å². The normalized spacial score (nSPS) is 38.9. The average molecular weight is 427 g/mol. The summed E-state index contributed by atoms with van der Waals surface area (Å²) < 4.78 is 23.2. The molecule has 4 rings (SSSR count). The van der Waals surface area contributed by atoms with Crippen LogP contribution in [0.4, 0.5) is 0 Å². The van der Waals surface area contributed by atoms with Gasteiger partial charge in [-0.2, -0.15) is 0 Å². The fourth-order valence-corrected chi connectivity index (χ4v) is 3.87. The van der Waals surface area contributed by atoms with Crippen molar-refractivity contribution in [2.75, 3.05) is 13.2 Å². The van der Waals surface area contributed by atoms with Crippen LogP contribution in [0.25, 0.3) is 0 Å². The Labute approximate surface area is 172 Å². The van der Waals surface area contributed by atoms with Crippen LogP contribution in [0, 0.1) is 0 Å². The SMILES string of the molecule is O[C@H]1[C@@H]2OC(Cl)(c3ccccc3)O[C@H]2COC(Cl)(c2ccccc2)OC[C@H]1O. The van der Waals surface area contributed by atoms with Crippen molar-refractivity contribution in [1.29, 1.82) is 0 Å². The molecule has 0 aromatic heterocycles. The van der Waals surface area contributed by atoms with Gasteiger partial charge in [0, 0.05) is 11.1 Å². The summed E-state index contributed by atoms with van der Waals surface area (Å²) in [5.74, 6) is 0. The smallest absolute Gasteiger partial charge is 0.277 e. The summed E-state index contributed by atoms with van der Waals surface area (Å²) in [7, 11) is 0. The molecular formula is C20H20Cl2O6. The van der Waals surface area contributed by atoms with Gasteiger partial charge in [-0.25, -0.2) is 0 Å². The van der Waals surface area contributed by atoms with E-state index in [1.54, 1.807) is 48.5 Å². The maximum Gasteiger partial charge on any atom is 0.277 e. The van der Waals surface area contributed by atoms with E-state index < -0.39 is 34.9 Å². The van der Waals surface area contributed by atoms with Gasteiger partial charge in [-0.3, -0.25) is 0 Å². The third-order valence-corrected chi connectivity index (χ3v) is 5.63. The van der Waals surface area contributed by atoms with Crippen molar-refractivity contribution in [3.05, 3.63) is 71.8 Å². The van der Waals surface area contributed by atoms with Crippen LogP contribution in [-0.2, 0) is 29.4 Å². The molecule has 6 nitrogen and oxygen atoms in total. The molecule has 0 bridgehead atoms. The number of rotatable bonds is 2. The van der Waals surface area contributed by atoms with Crippen LogP contribution in [-0.4, -0.2) is 47.8 Å². The number of halogens is 2. The van der Waals surface area contributed by atoms with Gasteiger partial charge in [0.15, 0.2) is 0 Å². The number of aliphatic hydroxyl groups excluding tert-OH is 2. The Kier molecular flexibility index (Phi) is 5.66. The first-order valence-corrected chi connectivity index (χ1v) is 9.65. The van der Waals surface area contributed by atoms with E-state index in [0.717, 1.165) is 0 Å². The number of hydrogen-bond acceptors (Lipinski definition) is 6. The Bertz CT molecular complexity index is 794. The van der Waals surface area contributed by atoms with Crippen LogP contribution in [0.5, 0.6) is 0 Å². The Morgan fingerprint density at radius 1 is 0.750 bits per heavy atom. The zero-order chi connectivity index (χ0) is 19.8. The summed E-state index contributed by atoms with van der Waals surface area (Å²) in [6.45, 7) is -0.346. The van der Waals surface area contributed by atoms with Gasteiger partial charge in [-0.05, 0) is 0 Å². The fraction of sp³-hybridized carbons (Fsp3) is 0.400. The summed E-state index contributed by atoms with van der Waals surface area (Å²) in [6.07, 6.45) is -4.32. The molecule has 2 N–H and O–H groups in total. The second kappa shape index (κ2) is 7.89. The maximum absolute atomic E-state index is 10.6. The molecule has 2 aliphatic rings. The lowest BCUT2D eigenvalue weighted by Crippen LogP contribution is -2.45. The molecule has 6 atom stereocenters. The molecule has 0 saturated carbocycles. The van der Waals surface area contributed by atoms with Crippen molar-refractivity contribution in [3.63, 3.8) is 0 Å². The maximum atomic E-state index is 10.6. The molecule has 2 fully saturated rings. The van der Waals surface area contributed by atoms with Gasteiger partial charge in [0.05, 0.1) is 13.2 Å². The molecule has 150 valence electrons. The first-order chi connectivity index (χ1) is 13.4. The number of aliphatic hydroxyl groups is 2. The molecule has 8 heteroatoms. The minimum absolute atomic E-state index is 0.0753. The van der Waals surface area contributed by atoms with Gasteiger partial charge >= 0.3 is 0 Å². The van der Waals surface area contributed by atoms with Crippen molar-refractivity contribution >= 4 is 23.2 Å². The summed E-state index contributed by atoms with van der Waals surface area (Å²) in [4.78, 5) is 0. The van der Waals surface area contributed by atoms with Crippen molar-refractivity contribution in [2.24, 2.45) is 0 Å². The Hall–Kier alpha value is -1.22. The molecule has 0 aliphatic carbocycles. The Morgan fingerprint density at radius 3 is 1.89 bits per heavy atom. The first-order valence-electron chi connectivity index (χ1n) is 8.90. The van der Waals surface area contributed by atoms with Crippen LogP contribution < -0.4 is 0 Å². The van der Waals surface area contributed by atoms with E-state index >= 15 is 0 Å². The average Bonchev–Trinajstić information content (AvgIpc) is 3.10. The highest BCUT2D eigenvalue weighted by atomic mass is 35.5. The first kappa shape index (κ1) is 20.1. The van der Waals surface area contributed by atoms with Crippen molar-refractivity contribution in [1.82, 2.24) is 0 Å². The second-order valence-corrected chi connectivity index (χ2v) is 7.72. The molecule has 0 amide bonds. The predicted molar refractivity (Wildman–Crippen MR) is 102 cm³/mol. The molecule has 2 aromatic rings. The van der Waals surface area contributed by atoms with Crippen LogP contribution >= 0.6 is 23.2 Å². The topological polar surface area (TPSA) is 77.4 Å². The fourth-order valence-electron chi connectivity index (χ4n) is 3.28. The lowest BCUT2D eigenvalue weighted by atomic mass is 10.0. The molecule has 2 saturated heterocycles. The lowest BCUT2D eigenvalue weighted by molar-refractivity contribution is -0.215. The number of alkyl halides is 2. The zero-order valence-electron chi connectivity index (χ0n) is 14.8. The highest BCUT2D eigenvalue weighted by Gasteiger charge is 2.53. The molecule has 2 aliphatic heterocycles. The highest BCUT2D eigenvalue weighted by Crippen LogP contribution is 2.44.